The van der Waals surface area contributed by atoms with Crippen LogP contribution in [0.2, 0.25) is 0 Å². The fraction of sp³-hybridized carbons (Fsp3) is 0.261. The first-order valence-corrected chi connectivity index (χ1v) is 10.8. The molecule has 30 heavy (non-hydrogen) atoms. The van der Waals surface area contributed by atoms with Gasteiger partial charge in [-0.15, -0.1) is 11.3 Å². The van der Waals surface area contributed by atoms with Crippen molar-refractivity contribution in [3.63, 3.8) is 0 Å². The fourth-order valence-electron chi connectivity index (χ4n) is 3.64. The summed E-state index contributed by atoms with van der Waals surface area (Å²) in [5.41, 5.74) is 2.20. The van der Waals surface area contributed by atoms with Gasteiger partial charge in [0, 0.05) is 24.5 Å². The van der Waals surface area contributed by atoms with Crippen LogP contribution in [0.15, 0.2) is 66.2 Å². The first kappa shape index (κ1) is 20.1. The zero-order valence-electron chi connectivity index (χ0n) is 16.5. The molecule has 0 spiro atoms. The van der Waals surface area contributed by atoms with Crippen LogP contribution in [0.3, 0.4) is 0 Å². The number of para-hydroxylation sites is 1. The number of thiazole rings is 1. The maximum absolute atomic E-state index is 12.8. The number of ether oxygens (including phenoxy) is 1. The van der Waals surface area contributed by atoms with Crippen molar-refractivity contribution in [3.05, 3.63) is 77.3 Å². The Kier molecular flexibility index (Phi) is 6.39. The van der Waals surface area contributed by atoms with Crippen LogP contribution in [0.4, 0.5) is 5.13 Å². The van der Waals surface area contributed by atoms with E-state index in [4.69, 9.17) is 4.74 Å². The average Bonchev–Trinajstić information content (AvgIpc) is 3.46. The molecule has 0 radical (unpaired) electrons. The Balaban J connectivity index is 1.38. The summed E-state index contributed by atoms with van der Waals surface area (Å²) in [6, 6.07) is 17.4. The standard InChI is InChI=1S/C23H23N3O3S/c27-21(26-13-6-10-19(26)22(28)25-23-24-12-14-30-23)16-29-20-11-5-4-9-18(20)15-17-7-2-1-3-8-17/h1-5,7-9,11-12,14,19H,6,10,13,15-16H2,(H,24,25,28). The zero-order valence-corrected chi connectivity index (χ0v) is 17.3. The summed E-state index contributed by atoms with van der Waals surface area (Å²) < 4.78 is 5.88. The molecule has 4 rings (SSSR count). The van der Waals surface area contributed by atoms with Gasteiger partial charge in [0.05, 0.1) is 0 Å². The van der Waals surface area contributed by atoms with Crippen molar-refractivity contribution in [2.24, 2.45) is 0 Å². The summed E-state index contributed by atoms with van der Waals surface area (Å²) in [4.78, 5) is 31.1. The zero-order chi connectivity index (χ0) is 20.8. The van der Waals surface area contributed by atoms with Gasteiger partial charge in [-0.2, -0.15) is 0 Å². The highest BCUT2D eigenvalue weighted by molar-refractivity contribution is 7.13. The number of benzene rings is 2. The molecule has 0 aliphatic carbocycles. The van der Waals surface area contributed by atoms with Crippen LogP contribution >= 0.6 is 11.3 Å². The van der Waals surface area contributed by atoms with Gasteiger partial charge in [-0.05, 0) is 30.0 Å². The molecule has 1 unspecified atom stereocenters. The molecule has 1 atom stereocenters. The number of hydrogen-bond acceptors (Lipinski definition) is 5. The monoisotopic (exact) mass is 421 g/mol. The Morgan fingerprint density at radius 1 is 1.13 bits per heavy atom. The van der Waals surface area contributed by atoms with Crippen LogP contribution in [0.5, 0.6) is 5.75 Å². The minimum absolute atomic E-state index is 0.0904. The number of nitrogens with one attached hydrogen (secondary N) is 1. The van der Waals surface area contributed by atoms with Gasteiger partial charge in [-0.1, -0.05) is 48.5 Å². The molecule has 6 nitrogen and oxygen atoms in total. The number of anilines is 1. The first-order chi connectivity index (χ1) is 14.7. The van der Waals surface area contributed by atoms with Crippen LogP contribution < -0.4 is 10.1 Å². The number of hydrogen-bond donors (Lipinski definition) is 1. The van der Waals surface area contributed by atoms with Crippen LogP contribution in [0, 0.1) is 0 Å². The molecule has 154 valence electrons. The van der Waals surface area contributed by atoms with E-state index in [-0.39, 0.29) is 18.4 Å². The van der Waals surface area contributed by atoms with E-state index in [1.165, 1.54) is 16.9 Å². The molecule has 2 aromatic carbocycles. The third kappa shape index (κ3) is 4.86. The minimum atomic E-state index is -0.482. The van der Waals surface area contributed by atoms with Gasteiger partial charge in [-0.3, -0.25) is 9.59 Å². The Bertz CT molecular complexity index is 992. The van der Waals surface area contributed by atoms with E-state index in [0.717, 1.165) is 18.4 Å². The SMILES string of the molecule is O=C(Nc1nccs1)C1CCCN1C(=O)COc1ccccc1Cc1ccccc1. The van der Waals surface area contributed by atoms with Crippen LogP contribution in [0.25, 0.3) is 0 Å². The lowest BCUT2D eigenvalue weighted by molar-refractivity contribution is -0.138. The molecule has 7 heteroatoms. The molecule has 1 N–H and O–H groups in total. The summed E-state index contributed by atoms with van der Waals surface area (Å²) in [6.45, 7) is 0.469. The quantitative estimate of drug-likeness (QED) is 0.631. The number of carbonyl (C=O) groups is 2. The molecule has 1 fully saturated rings. The van der Waals surface area contributed by atoms with Crippen molar-refractivity contribution in [3.8, 4) is 5.75 Å². The molecule has 0 saturated carbocycles. The number of likely N-dealkylation sites (tertiary alicyclic amines) is 1. The number of carbonyl (C=O) groups excluding carboxylic acids is 2. The van der Waals surface area contributed by atoms with Gasteiger partial charge in [-0.25, -0.2) is 4.98 Å². The summed E-state index contributed by atoms with van der Waals surface area (Å²) >= 11 is 1.36. The van der Waals surface area contributed by atoms with Crippen LogP contribution in [-0.4, -0.2) is 40.9 Å². The van der Waals surface area contributed by atoms with Gasteiger partial charge in [0.25, 0.3) is 5.91 Å². The second kappa shape index (κ2) is 9.54. The molecule has 0 bridgehead atoms. The summed E-state index contributed by atoms with van der Waals surface area (Å²) in [6.07, 6.45) is 3.81. The van der Waals surface area contributed by atoms with E-state index >= 15 is 0 Å². The molecular formula is C23H23N3O3S. The molecule has 1 aliphatic heterocycles. The summed E-state index contributed by atoms with van der Waals surface area (Å²) in [5, 5.41) is 5.14. The Morgan fingerprint density at radius 3 is 2.73 bits per heavy atom. The number of nitrogens with zero attached hydrogens (tertiary/aromatic N) is 2. The number of amides is 2. The second-order valence-electron chi connectivity index (χ2n) is 7.13. The van der Waals surface area contributed by atoms with Gasteiger partial charge >= 0.3 is 0 Å². The second-order valence-corrected chi connectivity index (χ2v) is 8.03. The smallest absolute Gasteiger partial charge is 0.261 e. The van der Waals surface area contributed by atoms with E-state index in [2.05, 4.69) is 22.4 Å². The highest BCUT2D eigenvalue weighted by Crippen LogP contribution is 2.23. The molecule has 3 aromatic rings. The largest absolute Gasteiger partial charge is 0.483 e. The Morgan fingerprint density at radius 2 is 1.93 bits per heavy atom. The van der Waals surface area contributed by atoms with E-state index in [0.29, 0.717) is 23.8 Å². The molecule has 2 amide bonds. The average molecular weight is 422 g/mol. The highest BCUT2D eigenvalue weighted by Gasteiger charge is 2.34. The third-order valence-corrected chi connectivity index (χ3v) is 5.79. The van der Waals surface area contributed by atoms with Crippen LogP contribution in [0.1, 0.15) is 24.0 Å². The van der Waals surface area contributed by atoms with E-state index < -0.39 is 6.04 Å². The highest BCUT2D eigenvalue weighted by atomic mass is 32.1. The van der Waals surface area contributed by atoms with Crippen molar-refractivity contribution in [2.45, 2.75) is 25.3 Å². The van der Waals surface area contributed by atoms with Gasteiger partial charge in [0.2, 0.25) is 5.91 Å². The summed E-state index contributed by atoms with van der Waals surface area (Å²) in [7, 11) is 0. The molecule has 2 heterocycles. The number of aromatic nitrogens is 1. The van der Waals surface area contributed by atoms with E-state index in [9.17, 15) is 9.59 Å². The third-order valence-electron chi connectivity index (χ3n) is 5.10. The van der Waals surface area contributed by atoms with E-state index in [1.807, 2.05) is 42.5 Å². The Labute approximate surface area is 179 Å². The fourth-order valence-corrected chi connectivity index (χ4v) is 4.17. The van der Waals surface area contributed by atoms with Gasteiger partial charge in [0.1, 0.15) is 11.8 Å². The minimum Gasteiger partial charge on any atom is -0.483 e. The lowest BCUT2D eigenvalue weighted by Gasteiger charge is -2.24. The van der Waals surface area contributed by atoms with E-state index in [1.54, 1.807) is 16.5 Å². The van der Waals surface area contributed by atoms with Gasteiger partial charge in [0.15, 0.2) is 11.7 Å². The molecule has 1 aliphatic rings. The molecule has 1 aromatic heterocycles. The van der Waals surface area contributed by atoms with Crippen molar-refractivity contribution < 1.29 is 14.3 Å². The molecular weight excluding hydrogens is 398 g/mol. The van der Waals surface area contributed by atoms with Gasteiger partial charge < -0.3 is 15.0 Å². The van der Waals surface area contributed by atoms with Crippen molar-refractivity contribution in [1.29, 1.82) is 0 Å². The maximum Gasteiger partial charge on any atom is 0.261 e. The lowest BCUT2D eigenvalue weighted by Crippen LogP contribution is -2.45. The normalized spacial score (nSPS) is 15.7. The topological polar surface area (TPSA) is 71.5 Å². The van der Waals surface area contributed by atoms with Crippen molar-refractivity contribution >= 4 is 28.3 Å². The van der Waals surface area contributed by atoms with Crippen molar-refractivity contribution in [1.82, 2.24) is 9.88 Å². The lowest BCUT2D eigenvalue weighted by atomic mass is 10.0. The van der Waals surface area contributed by atoms with Crippen molar-refractivity contribution in [2.75, 3.05) is 18.5 Å². The predicted molar refractivity (Wildman–Crippen MR) is 117 cm³/mol. The Hall–Kier alpha value is -3.19. The molecule has 1 saturated heterocycles. The van der Waals surface area contributed by atoms with Crippen LogP contribution in [-0.2, 0) is 16.0 Å². The first-order valence-electron chi connectivity index (χ1n) is 9.95. The number of rotatable bonds is 7. The summed E-state index contributed by atoms with van der Waals surface area (Å²) in [5.74, 6) is 0.319. The maximum atomic E-state index is 12.8. The predicted octanol–water partition coefficient (Wildman–Crippen LogP) is 3.74.